The molecule has 128 valence electrons. The molecule has 0 aliphatic heterocycles. The summed E-state index contributed by atoms with van der Waals surface area (Å²) in [6, 6.07) is 16.0. The van der Waals surface area contributed by atoms with Gasteiger partial charge in [-0.3, -0.25) is 4.79 Å². The number of hydrogen-bond acceptors (Lipinski definition) is 3. The smallest absolute Gasteiger partial charge is 0.270 e. The first kappa shape index (κ1) is 15.8. The lowest BCUT2D eigenvalue weighted by Gasteiger charge is -2.47. The Kier molecular flexibility index (Phi) is 4.01. The predicted octanol–water partition coefficient (Wildman–Crippen LogP) is 2.62. The van der Waals surface area contributed by atoms with Crippen LogP contribution in [0.1, 0.15) is 34.8 Å². The molecule has 2 aromatic heterocycles. The number of fused-ring (bicyclic) bond motifs is 1. The topological polar surface area (TPSA) is 66.6 Å². The van der Waals surface area contributed by atoms with Crippen molar-refractivity contribution >= 4 is 11.4 Å². The number of nitrogens with zero attached hydrogens (tertiary/aromatic N) is 2. The van der Waals surface area contributed by atoms with E-state index in [1.165, 1.54) is 5.56 Å². The zero-order chi connectivity index (χ0) is 17.3. The van der Waals surface area contributed by atoms with E-state index >= 15 is 0 Å². The van der Waals surface area contributed by atoms with Gasteiger partial charge in [-0.15, -0.1) is 0 Å². The molecule has 5 heteroatoms. The molecule has 1 aliphatic rings. The third kappa shape index (κ3) is 3.03. The van der Waals surface area contributed by atoms with Crippen LogP contribution in [0.4, 0.5) is 0 Å². The van der Waals surface area contributed by atoms with Gasteiger partial charge in [-0.2, -0.15) is 0 Å². The van der Waals surface area contributed by atoms with Crippen LogP contribution in [-0.4, -0.2) is 33.6 Å². The molecular formula is C20H21N3O2. The molecule has 3 aromatic rings. The maximum absolute atomic E-state index is 12.4. The molecule has 4 rings (SSSR count). The van der Waals surface area contributed by atoms with E-state index in [-0.39, 0.29) is 17.9 Å². The predicted molar refractivity (Wildman–Crippen MR) is 95.5 cm³/mol. The SMILES string of the molecule is O=C(NCC1(CO)CC(c2ccccc2)C1)c1cc2cccn2cn1. The van der Waals surface area contributed by atoms with E-state index in [9.17, 15) is 9.90 Å². The van der Waals surface area contributed by atoms with Crippen molar-refractivity contribution in [2.75, 3.05) is 13.2 Å². The highest BCUT2D eigenvalue weighted by molar-refractivity contribution is 5.93. The number of benzene rings is 1. The second-order valence-electron chi connectivity index (χ2n) is 6.97. The fourth-order valence-electron chi connectivity index (χ4n) is 3.69. The summed E-state index contributed by atoms with van der Waals surface area (Å²) in [5, 5.41) is 12.8. The Morgan fingerprint density at radius 2 is 2.04 bits per heavy atom. The van der Waals surface area contributed by atoms with Crippen LogP contribution in [0.5, 0.6) is 0 Å². The molecule has 0 unspecified atom stereocenters. The van der Waals surface area contributed by atoms with Crippen molar-refractivity contribution < 1.29 is 9.90 Å². The summed E-state index contributed by atoms with van der Waals surface area (Å²) < 4.78 is 1.86. The van der Waals surface area contributed by atoms with Crippen molar-refractivity contribution in [3.05, 3.63) is 72.3 Å². The minimum Gasteiger partial charge on any atom is -0.396 e. The number of rotatable bonds is 5. The number of carbonyl (C=O) groups is 1. The van der Waals surface area contributed by atoms with Crippen molar-refractivity contribution in [3.63, 3.8) is 0 Å². The van der Waals surface area contributed by atoms with Gasteiger partial charge in [0.1, 0.15) is 5.69 Å². The summed E-state index contributed by atoms with van der Waals surface area (Å²) in [4.78, 5) is 16.6. The minimum absolute atomic E-state index is 0.0851. The molecule has 2 N–H and O–H groups in total. The maximum Gasteiger partial charge on any atom is 0.270 e. The summed E-state index contributed by atoms with van der Waals surface area (Å²) >= 11 is 0. The van der Waals surface area contributed by atoms with E-state index in [0.29, 0.717) is 18.2 Å². The Balaban J connectivity index is 1.39. The van der Waals surface area contributed by atoms with Crippen LogP contribution in [0.15, 0.2) is 61.1 Å². The van der Waals surface area contributed by atoms with E-state index < -0.39 is 0 Å². The highest BCUT2D eigenvalue weighted by Crippen LogP contribution is 2.50. The number of aliphatic hydroxyl groups is 1. The van der Waals surface area contributed by atoms with Gasteiger partial charge in [0.15, 0.2) is 0 Å². The summed E-state index contributed by atoms with van der Waals surface area (Å²) in [6.07, 6.45) is 5.31. The Morgan fingerprint density at radius 3 is 2.80 bits per heavy atom. The zero-order valence-corrected chi connectivity index (χ0v) is 13.9. The number of hydrogen-bond donors (Lipinski definition) is 2. The average molecular weight is 335 g/mol. The number of aliphatic hydroxyl groups excluding tert-OH is 1. The van der Waals surface area contributed by atoms with Crippen molar-refractivity contribution in [1.82, 2.24) is 14.7 Å². The fraction of sp³-hybridized carbons (Fsp3) is 0.300. The lowest BCUT2D eigenvalue weighted by molar-refractivity contribution is 0.0251. The van der Waals surface area contributed by atoms with E-state index in [2.05, 4.69) is 22.4 Å². The molecule has 0 spiro atoms. The molecular weight excluding hydrogens is 314 g/mol. The first-order chi connectivity index (χ1) is 12.2. The molecule has 0 atom stereocenters. The lowest BCUT2D eigenvalue weighted by Crippen LogP contribution is -2.48. The van der Waals surface area contributed by atoms with Gasteiger partial charge in [-0.1, -0.05) is 30.3 Å². The van der Waals surface area contributed by atoms with E-state index in [4.69, 9.17) is 0 Å². The van der Waals surface area contributed by atoms with Crippen molar-refractivity contribution in [2.45, 2.75) is 18.8 Å². The largest absolute Gasteiger partial charge is 0.396 e. The summed E-state index contributed by atoms with van der Waals surface area (Å²) in [5.41, 5.74) is 2.41. The number of carbonyl (C=O) groups excluding carboxylic acids is 1. The molecule has 0 radical (unpaired) electrons. The fourth-order valence-corrected chi connectivity index (χ4v) is 3.69. The second-order valence-corrected chi connectivity index (χ2v) is 6.97. The van der Waals surface area contributed by atoms with Crippen molar-refractivity contribution in [3.8, 4) is 0 Å². The molecule has 1 saturated carbocycles. The van der Waals surface area contributed by atoms with Gasteiger partial charge in [-0.05, 0) is 42.5 Å². The van der Waals surface area contributed by atoms with Crippen LogP contribution in [0.25, 0.3) is 5.52 Å². The number of aromatic nitrogens is 2. The van der Waals surface area contributed by atoms with Crippen LogP contribution in [0, 0.1) is 5.41 Å². The molecule has 1 fully saturated rings. The van der Waals surface area contributed by atoms with Gasteiger partial charge in [-0.25, -0.2) is 4.98 Å². The summed E-state index contributed by atoms with van der Waals surface area (Å²) in [6.45, 7) is 0.557. The highest BCUT2D eigenvalue weighted by Gasteiger charge is 2.44. The summed E-state index contributed by atoms with van der Waals surface area (Å²) in [5.74, 6) is 0.264. The maximum atomic E-state index is 12.4. The van der Waals surface area contributed by atoms with E-state index in [1.807, 2.05) is 40.9 Å². The Morgan fingerprint density at radius 1 is 1.24 bits per heavy atom. The number of nitrogens with one attached hydrogen (secondary N) is 1. The molecule has 0 saturated heterocycles. The lowest BCUT2D eigenvalue weighted by atomic mass is 9.60. The average Bonchev–Trinajstić information content (AvgIpc) is 3.09. The number of amides is 1. The third-order valence-corrected chi connectivity index (χ3v) is 5.24. The molecule has 0 bridgehead atoms. The minimum atomic E-state index is -0.227. The Labute approximate surface area is 146 Å². The van der Waals surface area contributed by atoms with Gasteiger partial charge < -0.3 is 14.8 Å². The molecule has 1 aromatic carbocycles. The molecule has 5 nitrogen and oxygen atoms in total. The van der Waals surface area contributed by atoms with Gasteiger partial charge in [0.25, 0.3) is 5.91 Å². The zero-order valence-electron chi connectivity index (χ0n) is 13.9. The first-order valence-electron chi connectivity index (χ1n) is 8.56. The van der Waals surface area contributed by atoms with Crippen LogP contribution in [0.2, 0.25) is 0 Å². The van der Waals surface area contributed by atoms with Crippen molar-refractivity contribution in [1.29, 1.82) is 0 Å². The quantitative estimate of drug-likeness (QED) is 0.753. The van der Waals surface area contributed by atoms with E-state index in [1.54, 1.807) is 12.4 Å². The Bertz CT molecular complexity index is 882. The molecule has 1 amide bonds. The van der Waals surface area contributed by atoms with Gasteiger partial charge >= 0.3 is 0 Å². The third-order valence-electron chi connectivity index (χ3n) is 5.24. The monoisotopic (exact) mass is 335 g/mol. The Hall–Kier alpha value is -2.66. The van der Waals surface area contributed by atoms with Gasteiger partial charge in [0.2, 0.25) is 0 Å². The molecule has 2 heterocycles. The molecule has 1 aliphatic carbocycles. The normalized spacial score (nSPS) is 22.5. The highest BCUT2D eigenvalue weighted by atomic mass is 16.3. The second kappa shape index (κ2) is 6.33. The van der Waals surface area contributed by atoms with Crippen LogP contribution in [-0.2, 0) is 0 Å². The standard InChI is InChI=1S/C20H21N3O2/c24-13-20(10-16(11-20)15-5-2-1-3-6-15)12-21-19(25)18-9-17-7-4-8-23(17)14-22-18/h1-9,14,16,24H,10-13H2,(H,21,25). The van der Waals surface area contributed by atoms with Gasteiger partial charge in [0.05, 0.1) is 12.9 Å². The van der Waals surface area contributed by atoms with Crippen LogP contribution in [0.3, 0.4) is 0 Å². The molecule has 25 heavy (non-hydrogen) atoms. The van der Waals surface area contributed by atoms with Crippen LogP contribution < -0.4 is 5.32 Å². The van der Waals surface area contributed by atoms with Crippen molar-refractivity contribution in [2.24, 2.45) is 5.41 Å². The van der Waals surface area contributed by atoms with Crippen LogP contribution >= 0.6 is 0 Å². The van der Waals surface area contributed by atoms with Gasteiger partial charge in [0, 0.05) is 23.7 Å². The summed E-state index contributed by atoms with van der Waals surface area (Å²) in [7, 11) is 0. The first-order valence-corrected chi connectivity index (χ1v) is 8.56. The van der Waals surface area contributed by atoms with E-state index in [0.717, 1.165) is 18.4 Å².